The Morgan fingerprint density at radius 3 is 2.75 bits per heavy atom. The van der Waals surface area contributed by atoms with Crippen LogP contribution < -0.4 is 5.32 Å². The highest BCUT2D eigenvalue weighted by atomic mass is 16.5. The van der Waals surface area contributed by atoms with E-state index in [1.165, 1.54) is 12.1 Å². The fraction of sp³-hybridized carbons (Fsp3) is 0.462. The second kappa shape index (κ2) is 9.00. The number of carbonyl (C=O) groups excluding carboxylic acids is 2. The van der Waals surface area contributed by atoms with E-state index in [9.17, 15) is 9.59 Å². The summed E-state index contributed by atoms with van der Waals surface area (Å²) in [7, 11) is 0. The number of aliphatic hydroxyl groups excluding tert-OH is 1. The Labute approximate surface area is 116 Å². The van der Waals surface area contributed by atoms with Gasteiger partial charge < -0.3 is 19.9 Å². The van der Waals surface area contributed by atoms with E-state index in [0.29, 0.717) is 13.2 Å². The molecule has 0 aliphatic heterocycles. The maximum absolute atomic E-state index is 11.8. The lowest BCUT2D eigenvalue weighted by Crippen LogP contribution is -2.28. The standard InChI is InChI=1S/C13H18N2O5/c1-2-20-13(18)11-5-3-4-10(15-11)12(17)14-6-8-19-9-7-16/h3-5,16H,2,6-9H2,1H3,(H,14,17). The average Bonchev–Trinajstić information content (AvgIpc) is 2.47. The number of nitrogens with zero attached hydrogens (tertiary/aromatic N) is 1. The van der Waals surface area contributed by atoms with Crippen LogP contribution in [-0.4, -0.2) is 54.9 Å². The van der Waals surface area contributed by atoms with E-state index >= 15 is 0 Å². The van der Waals surface area contributed by atoms with Gasteiger partial charge >= 0.3 is 5.97 Å². The number of ether oxygens (including phenoxy) is 2. The van der Waals surface area contributed by atoms with Gasteiger partial charge in [-0.05, 0) is 19.1 Å². The third-order valence-corrected chi connectivity index (χ3v) is 2.23. The van der Waals surface area contributed by atoms with Gasteiger partial charge in [-0.15, -0.1) is 0 Å². The van der Waals surface area contributed by atoms with E-state index in [2.05, 4.69) is 10.3 Å². The Bertz CT molecular complexity index is 450. The van der Waals surface area contributed by atoms with Gasteiger partial charge in [-0.3, -0.25) is 4.79 Å². The lowest BCUT2D eigenvalue weighted by Gasteiger charge is -2.06. The molecule has 1 aromatic rings. The number of aliphatic hydroxyl groups is 1. The summed E-state index contributed by atoms with van der Waals surface area (Å²) >= 11 is 0. The molecule has 0 aliphatic carbocycles. The van der Waals surface area contributed by atoms with Gasteiger partial charge in [0.05, 0.1) is 26.4 Å². The van der Waals surface area contributed by atoms with Crippen molar-refractivity contribution in [3.8, 4) is 0 Å². The Morgan fingerprint density at radius 2 is 2.05 bits per heavy atom. The molecule has 2 N–H and O–H groups in total. The molecular formula is C13H18N2O5. The number of esters is 1. The van der Waals surface area contributed by atoms with Crippen molar-refractivity contribution in [1.29, 1.82) is 0 Å². The molecule has 0 aliphatic rings. The van der Waals surface area contributed by atoms with E-state index in [4.69, 9.17) is 14.6 Å². The van der Waals surface area contributed by atoms with Crippen LogP contribution in [0.25, 0.3) is 0 Å². The van der Waals surface area contributed by atoms with Crippen molar-refractivity contribution < 1.29 is 24.2 Å². The summed E-state index contributed by atoms with van der Waals surface area (Å²) in [5.74, 6) is -0.961. The molecular weight excluding hydrogens is 264 g/mol. The predicted octanol–water partition coefficient (Wildman–Crippen LogP) is -0.00300. The lowest BCUT2D eigenvalue weighted by molar-refractivity contribution is 0.0519. The SMILES string of the molecule is CCOC(=O)c1cccc(C(=O)NCCOCCO)n1. The fourth-order valence-corrected chi connectivity index (χ4v) is 1.37. The number of pyridine rings is 1. The molecule has 1 heterocycles. The Hall–Kier alpha value is -1.99. The average molecular weight is 282 g/mol. The highest BCUT2D eigenvalue weighted by Gasteiger charge is 2.12. The summed E-state index contributed by atoms with van der Waals surface area (Å²) < 4.78 is 9.82. The molecule has 1 rings (SSSR count). The first-order valence-electron chi connectivity index (χ1n) is 6.30. The second-order valence-electron chi connectivity index (χ2n) is 3.72. The molecule has 0 radical (unpaired) electrons. The van der Waals surface area contributed by atoms with Crippen molar-refractivity contribution in [3.05, 3.63) is 29.6 Å². The highest BCUT2D eigenvalue weighted by Crippen LogP contribution is 2.01. The molecule has 0 atom stereocenters. The summed E-state index contributed by atoms with van der Waals surface area (Å²) in [4.78, 5) is 27.2. The normalized spacial score (nSPS) is 10.1. The van der Waals surface area contributed by atoms with Crippen LogP contribution in [-0.2, 0) is 9.47 Å². The molecule has 1 amide bonds. The van der Waals surface area contributed by atoms with E-state index < -0.39 is 11.9 Å². The van der Waals surface area contributed by atoms with Crippen LogP contribution >= 0.6 is 0 Å². The monoisotopic (exact) mass is 282 g/mol. The van der Waals surface area contributed by atoms with Gasteiger partial charge in [0.15, 0.2) is 0 Å². The summed E-state index contributed by atoms with van der Waals surface area (Å²) in [5.41, 5.74) is 0.230. The molecule has 110 valence electrons. The Kier molecular flexibility index (Phi) is 7.23. The summed E-state index contributed by atoms with van der Waals surface area (Å²) in [6, 6.07) is 4.56. The van der Waals surface area contributed by atoms with Gasteiger partial charge in [0, 0.05) is 6.54 Å². The van der Waals surface area contributed by atoms with Crippen molar-refractivity contribution in [2.45, 2.75) is 6.92 Å². The van der Waals surface area contributed by atoms with Crippen molar-refractivity contribution in [1.82, 2.24) is 10.3 Å². The largest absolute Gasteiger partial charge is 0.461 e. The van der Waals surface area contributed by atoms with E-state index in [0.717, 1.165) is 0 Å². The number of amides is 1. The van der Waals surface area contributed by atoms with E-state index in [1.807, 2.05) is 0 Å². The number of carbonyl (C=O) groups is 2. The molecule has 0 saturated carbocycles. The highest BCUT2D eigenvalue weighted by molar-refractivity contribution is 5.94. The molecule has 0 bridgehead atoms. The van der Waals surface area contributed by atoms with Crippen LogP contribution in [0.5, 0.6) is 0 Å². The first-order chi connectivity index (χ1) is 9.69. The zero-order chi connectivity index (χ0) is 14.8. The van der Waals surface area contributed by atoms with Crippen LogP contribution in [0.15, 0.2) is 18.2 Å². The lowest BCUT2D eigenvalue weighted by atomic mass is 10.3. The van der Waals surface area contributed by atoms with Gasteiger partial charge in [-0.1, -0.05) is 6.07 Å². The molecule has 0 fully saturated rings. The number of hydrogen-bond donors (Lipinski definition) is 2. The minimum absolute atomic E-state index is 0.0584. The van der Waals surface area contributed by atoms with Crippen LogP contribution in [0.2, 0.25) is 0 Å². The molecule has 1 aromatic heterocycles. The zero-order valence-corrected chi connectivity index (χ0v) is 11.3. The topological polar surface area (TPSA) is 97.8 Å². The first-order valence-corrected chi connectivity index (χ1v) is 6.30. The summed E-state index contributed by atoms with van der Waals surface area (Å²) in [6.45, 7) is 2.71. The molecule has 0 spiro atoms. The van der Waals surface area contributed by atoms with E-state index in [1.54, 1.807) is 13.0 Å². The van der Waals surface area contributed by atoms with E-state index in [-0.39, 0.29) is 31.2 Å². The van der Waals surface area contributed by atoms with Gasteiger partial charge in [0.1, 0.15) is 11.4 Å². The molecule has 0 aromatic carbocycles. The third kappa shape index (κ3) is 5.33. The number of hydrogen-bond acceptors (Lipinski definition) is 6. The minimum atomic E-state index is -0.562. The molecule has 0 unspecified atom stereocenters. The van der Waals surface area contributed by atoms with Crippen molar-refractivity contribution >= 4 is 11.9 Å². The molecule has 20 heavy (non-hydrogen) atoms. The summed E-state index contributed by atoms with van der Waals surface area (Å²) in [5, 5.41) is 11.1. The second-order valence-corrected chi connectivity index (χ2v) is 3.72. The quantitative estimate of drug-likeness (QED) is 0.514. The van der Waals surface area contributed by atoms with Crippen molar-refractivity contribution in [2.75, 3.05) is 33.0 Å². The van der Waals surface area contributed by atoms with Gasteiger partial charge in [0.2, 0.25) is 0 Å². The van der Waals surface area contributed by atoms with Crippen LogP contribution in [0.4, 0.5) is 0 Å². The third-order valence-electron chi connectivity index (χ3n) is 2.23. The van der Waals surface area contributed by atoms with Crippen LogP contribution in [0.3, 0.4) is 0 Å². The number of rotatable bonds is 8. The predicted molar refractivity (Wildman–Crippen MR) is 70.4 cm³/mol. The Balaban J connectivity index is 2.51. The van der Waals surface area contributed by atoms with Crippen LogP contribution in [0, 0.1) is 0 Å². The molecule has 0 saturated heterocycles. The molecule has 7 nitrogen and oxygen atoms in total. The van der Waals surface area contributed by atoms with Gasteiger partial charge in [0.25, 0.3) is 5.91 Å². The molecule has 7 heteroatoms. The Morgan fingerprint density at radius 1 is 1.30 bits per heavy atom. The minimum Gasteiger partial charge on any atom is -0.461 e. The fourth-order valence-electron chi connectivity index (χ4n) is 1.37. The maximum atomic E-state index is 11.8. The number of nitrogens with one attached hydrogen (secondary N) is 1. The van der Waals surface area contributed by atoms with Gasteiger partial charge in [-0.25, -0.2) is 9.78 Å². The zero-order valence-electron chi connectivity index (χ0n) is 11.3. The smallest absolute Gasteiger partial charge is 0.356 e. The van der Waals surface area contributed by atoms with Crippen LogP contribution in [0.1, 0.15) is 27.9 Å². The van der Waals surface area contributed by atoms with Crippen molar-refractivity contribution in [2.24, 2.45) is 0 Å². The summed E-state index contributed by atoms with van der Waals surface area (Å²) in [6.07, 6.45) is 0. The maximum Gasteiger partial charge on any atom is 0.356 e. The van der Waals surface area contributed by atoms with Crippen molar-refractivity contribution in [3.63, 3.8) is 0 Å². The number of aromatic nitrogens is 1. The van der Waals surface area contributed by atoms with Gasteiger partial charge in [-0.2, -0.15) is 0 Å². The first kappa shape index (κ1) is 16.1.